The fourth-order valence-corrected chi connectivity index (χ4v) is 3.15. The Morgan fingerprint density at radius 1 is 0.889 bits per heavy atom. The van der Waals surface area contributed by atoms with Crippen molar-refractivity contribution in [3.05, 3.63) is 75.2 Å². The Balaban J connectivity index is 1.85. The van der Waals surface area contributed by atoms with Gasteiger partial charge in [-0.15, -0.1) is 0 Å². The minimum atomic E-state index is -0.291. The molecule has 0 aliphatic heterocycles. The van der Waals surface area contributed by atoms with Crippen LogP contribution in [0.15, 0.2) is 68.6 Å². The molecule has 0 atom stereocenters. The lowest BCUT2D eigenvalue weighted by Gasteiger charge is -2.07. The van der Waals surface area contributed by atoms with Crippen LogP contribution in [0.2, 0.25) is 0 Å². The Hall–Kier alpha value is -4.00. The number of para-hydroxylation sites is 2. The number of fused-ring (bicyclic) bond motifs is 3. The lowest BCUT2D eigenvalue weighted by molar-refractivity contribution is 0.645. The molecule has 3 aromatic heterocycles. The number of aromatic nitrogens is 3. The molecule has 0 unspecified atom stereocenters. The Kier molecular flexibility index (Phi) is 3.11. The normalized spacial score (nSPS) is 11.4. The Morgan fingerprint density at radius 2 is 1.63 bits per heavy atom. The molecule has 0 aliphatic carbocycles. The Morgan fingerprint density at radius 3 is 2.48 bits per heavy atom. The SMILES string of the molecule is Nc1nc2oc3ccccc3c(=O)c2cc1-c1nc2ccccc2c(=O)[nH]1. The number of rotatable bonds is 1. The fourth-order valence-electron chi connectivity index (χ4n) is 3.15. The summed E-state index contributed by atoms with van der Waals surface area (Å²) in [6.07, 6.45) is 0. The van der Waals surface area contributed by atoms with Crippen molar-refractivity contribution in [2.45, 2.75) is 0 Å². The first-order valence-electron chi connectivity index (χ1n) is 8.23. The molecule has 0 amide bonds. The highest BCUT2D eigenvalue weighted by Crippen LogP contribution is 2.26. The van der Waals surface area contributed by atoms with E-state index in [1.165, 1.54) is 0 Å². The molecule has 27 heavy (non-hydrogen) atoms. The van der Waals surface area contributed by atoms with E-state index in [0.29, 0.717) is 27.4 Å². The number of H-pyrrole nitrogens is 1. The summed E-state index contributed by atoms with van der Waals surface area (Å²) in [5, 5.41) is 1.19. The number of nitrogen functional groups attached to an aromatic ring is 1. The number of hydrogen-bond acceptors (Lipinski definition) is 6. The van der Waals surface area contributed by atoms with Crippen molar-refractivity contribution in [2.24, 2.45) is 0 Å². The molecule has 0 aliphatic rings. The molecule has 130 valence electrons. The molecule has 0 saturated carbocycles. The first-order valence-corrected chi connectivity index (χ1v) is 8.23. The van der Waals surface area contributed by atoms with Crippen LogP contribution < -0.4 is 16.7 Å². The molecule has 0 spiro atoms. The van der Waals surface area contributed by atoms with Gasteiger partial charge in [-0.2, -0.15) is 4.98 Å². The second-order valence-corrected chi connectivity index (χ2v) is 6.13. The van der Waals surface area contributed by atoms with Gasteiger partial charge in [0.15, 0.2) is 0 Å². The maximum atomic E-state index is 12.8. The summed E-state index contributed by atoms with van der Waals surface area (Å²) < 4.78 is 5.71. The lowest BCUT2D eigenvalue weighted by Crippen LogP contribution is -2.11. The summed E-state index contributed by atoms with van der Waals surface area (Å²) in [6.45, 7) is 0. The fraction of sp³-hybridized carbons (Fsp3) is 0. The van der Waals surface area contributed by atoms with Gasteiger partial charge in [0.2, 0.25) is 11.1 Å². The van der Waals surface area contributed by atoms with Crippen molar-refractivity contribution in [1.29, 1.82) is 0 Å². The standard InChI is InChI=1S/C20H12N4O3/c21-17-13(18-22-14-7-3-1-5-10(14)19(26)24-18)9-12-16(25)11-6-2-4-8-15(11)27-20(12)23-17/h1-9H,(H2,21,23)(H,22,24,26). The van der Waals surface area contributed by atoms with Gasteiger partial charge in [-0.1, -0.05) is 24.3 Å². The smallest absolute Gasteiger partial charge is 0.259 e. The minimum absolute atomic E-state index is 0.111. The van der Waals surface area contributed by atoms with E-state index >= 15 is 0 Å². The molecule has 2 aromatic carbocycles. The first-order chi connectivity index (χ1) is 13.1. The molecule has 0 bridgehead atoms. The number of anilines is 1. The van der Waals surface area contributed by atoms with Crippen molar-refractivity contribution >= 4 is 38.8 Å². The van der Waals surface area contributed by atoms with Crippen LogP contribution in [0.3, 0.4) is 0 Å². The summed E-state index contributed by atoms with van der Waals surface area (Å²) in [5.74, 6) is 0.359. The predicted molar refractivity (Wildman–Crippen MR) is 104 cm³/mol. The zero-order chi connectivity index (χ0) is 18.5. The van der Waals surface area contributed by atoms with Gasteiger partial charge in [0.05, 0.1) is 27.2 Å². The van der Waals surface area contributed by atoms with Gasteiger partial charge in [0.25, 0.3) is 5.56 Å². The number of benzene rings is 2. The number of nitrogens with zero attached hydrogens (tertiary/aromatic N) is 2. The van der Waals surface area contributed by atoms with E-state index < -0.39 is 0 Å². The van der Waals surface area contributed by atoms with Gasteiger partial charge in [0, 0.05) is 0 Å². The third kappa shape index (κ3) is 2.29. The van der Waals surface area contributed by atoms with Gasteiger partial charge in [-0.3, -0.25) is 9.59 Å². The lowest BCUT2D eigenvalue weighted by atomic mass is 10.1. The first kappa shape index (κ1) is 15.3. The summed E-state index contributed by atoms with van der Waals surface area (Å²) in [6, 6.07) is 15.5. The molecule has 5 aromatic rings. The van der Waals surface area contributed by atoms with E-state index in [1.807, 2.05) is 0 Å². The van der Waals surface area contributed by atoms with E-state index in [4.69, 9.17) is 10.2 Å². The van der Waals surface area contributed by atoms with Gasteiger partial charge >= 0.3 is 0 Å². The monoisotopic (exact) mass is 356 g/mol. The van der Waals surface area contributed by atoms with Crippen molar-refractivity contribution in [1.82, 2.24) is 15.0 Å². The maximum absolute atomic E-state index is 12.8. The predicted octanol–water partition coefficient (Wildman–Crippen LogP) is 2.83. The van der Waals surface area contributed by atoms with Gasteiger partial charge in [-0.25, -0.2) is 4.98 Å². The summed E-state index contributed by atoms with van der Waals surface area (Å²) in [7, 11) is 0. The van der Waals surface area contributed by atoms with E-state index in [2.05, 4.69) is 15.0 Å². The van der Waals surface area contributed by atoms with Crippen LogP contribution in [-0.4, -0.2) is 15.0 Å². The summed E-state index contributed by atoms with van der Waals surface area (Å²) in [4.78, 5) is 36.6. The molecule has 0 saturated heterocycles. The van der Waals surface area contributed by atoms with Crippen LogP contribution in [0.1, 0.15) is 0 Å². The van der Waals surface area contributed by atoms with Crippen LogP contribution in [0.5, 0.6) is 0 Å². The average molecular weight is 356 g/mol. The highest BCUT2D eigenvalue weighted by atomic mass is 16.3. The number of hydrogen-bond donors (Lipinski definition) is 2. The van der Waals surface area contributed by atoms with Crippen molar-refractivity contribution < 1.29 is 4.42 Å². The number of aromatic amines is 1. The second-order valence-electron chi connectivity index (χ2n) is 6.13. The molecule has 7 nitrogen and oxygen atoms in total. The van der Waals surface area contributed by atoms with Crippen molar-refractivity contribution in [3.8, 4) is 11.4 Å². The average Bonchev–Trinajstić information content (AvgIpc) is 2.68. The van der Waals surface area contributed by atoms with Crippen molar-refractivity contribution in [3.63, 3.8) is 0 Å². The molecule has 5 rings (SSSR count). The highest BCUT2D eigenvalue weighted by molar-refractivity contribution is 5.92. The summed E-state index contributed by atoms with van der Waals surface area (Å²) >= 11 is 0. The van der Waals surface area contributed by atoms with E-state index in [1.54, 1.807) is 54.6 Å². The minimum Gasteiger partial charge on any atom is -0.437 e. The second kappa shape index (κ2) is 5.50. The maximum Gasteiger partial charge on any atom is 0.259 e. The Labute approximate surface area is 151 Å². The van der Waals surface area contributed by atoms with Gasteiger partial charge < -0.3 is 15.1 Å². The zero-order valence-electron chi connectivity index (χ0n) is 13.9. The van der Waals surface area contributed by atoms with Gasteiger partial charge in [0.1, 0.15) is 17.2 Å². The van der Waals surface area contributed by atoms with Crippen LogP contribution in [0.25, 0.3) is 44.4 Å². The molecule has 0 fully saturated rings. The molecule has 3 N–H and O–H groups in total. The quantitative estimate of drug-likeness (QED) is 0.446. The number of nitrogens with one attached hydrogen (secondary N) is 1. The Bertz CT molecular complexity index is 1480. The third-order valence-electron chi connectivity index (χ3n) is 4.47. The van der Waals surface area contributed by atoms with Crippen LogP contribution in [0, 0.1) is 0 Å². The van der Waals surface area contributed by atoms with Crippen LogP contribution >= 0.6 is 0 Å². The van der Waals surface area contributed by atoms with E-state index in [-0.39, 0.29) is 33.7 Å². The molecular formula is C20H12N4O3. The van der Waals surface area contributed by atoms with Gasteiger partial charge in [-0.05, 0) is 30.3 Å². The molecule has 7 heteroatoms. The topological polar surface area (TPSA) is 115 Å². The highest BCUT2D eigenvalue weighted by Gasteiger charge is 2.15. The zero-order valence-corrected chi connectivity index (χ0v) is 13.9. The van der Waals surface area contributed by atoms with Crippen LogP contribution in [-0.2, 0) is 0 Å². The van der Waals surface area contributed by atoms with E-state index in [9.17, 15) is 9.59 Å². The van der Waals surface area contributed by atoms with Crippen molar-refractivity contribution in [2.75, 3.05) is 5.73 Å². The number of nitrogens with two attached hydrogens (primary N) is 1. The number of pyridine rings is 1. The molecular weight excluding hydrogens is 344 g/mol. The largest absolute Gasteiger partial charge is 0.437 e. The van der Waals surface area contributed by atoms with Crippen LogP contribution in [0.4, 0.5) is 5.82 Å². The molecule has 3 heterocycles. The summed E-state index contributed by atoms with van der Waals surface area (Å²) in [5.41, 5.74) is 7.04. The third-order valence-corrected chi connectivity index (χ3v) is 4.47. The van der Waals surface area contributed by atoms with E-state index in [0.717, 1.165) is 0 Å². The molecule has 0 radical (unpaired) electrons.